The highest BCUT2D eigenvalue weighted by Gasteiger charge is 2.24. The van der Waals surface area contributed by atoms with Gasteiger partial charge in [-0.05, 0) is 31.2 Å². The molecule has 2 atom stereocenters. The van der Waals surface area contributed by atoms with Crippen LogP contribution in [0.5, 0.6) is 11.5 Å². The lowest BCUT2D eigenvalue weighted by Gasteiger charge is -2.22. The summed E-state index contributed by atoms with van der Waals surface area (Å²) in [4.78, 5) is 13.4. The van der Waals surface area contributed by atoms with E-state index in [1.54, 1.807) is 39.3 Å². The molecule has 1 amide bonds. The zero-order valence-corrected chi connectivity index (χ0v) is 14.9. The standard InChI is InChI=1S/C19H23FN2O3/c1-13(19(23)21-16-10-6-5-9-15(16)20)22(2)12-14-8-7-11-17(24-3)18(14)25-4/h5-11,13H,12H2,1-4H3,(H,21,23)/p+1/t13-/m1/s1. The number of methoxy groups -OCH3 is 2. The number of rotatable bonds is 7. The Morgan fingerprint density at radius 1 is 1.16 bits per heavy atom. The smallest absolute Gasteiger partial charge is 0.282 e. The fourth-order valence-corrected chi connectivity index (χ4v) is 2.57. The SMILES string of the molecule is COc1cccc(C[NH+](C)[C@H](C)C(=O)Nc2ccccc2F)c1OC. The van der Waals surface area contributed by atoms with E-state index < -0.39 is 5.82 Å². The number of anilines is 1. The quantitative estimate of drug-likeness (QED) is 0.804. The second-order valence-electron chi connectivity index (χ2n) is 5.87. The van der Waals surface area contributed by atoms with E-state index in [1.807, 2.05) is 25.2 Å². The number of amides is 1. The van der Waals surface area contributed by atoms with Crippen LogP contribution in [0.1, 0.15) is 12.5 Å². The predicted octanol–water partition coefficient (Wildman–Crippen LogP) is 1.88. The lowest BCUT2D eigenvalue weighted by atomic mass is 10.1. The molecule has 2 aromatic carbocycles. The maximum Gasteiger partial charge on any atom is 0.282 e. The van der Waals surface area contributed by atoms with Gasteiger partial charge in [-0.3, -0.25) is 4.79 Å². The monoisotopic (exact) mass is 347 g/mol. The van der Waals surface area contributed by atoms with Crippen molar-refractivity contribution in [1.29, 1.82) is 0 Å². The van der Waals surface area contributed by atoms with Crippen LogP contribution in [0.15, 0.2) is 42.5 Å². The van der Waals surface area contributed by atoms with Crippen molar-refractivity contribution in [3.63, 3.8) is 0 Å². The summed E-state index contributed by atoms with van der Waals surface area (Å²) in [5.41, 5.74) is 1.12. The molecule has 0 radical (unpaired) electrons. The van der Waals surface area contributed by atoms with E-state index in [0.717, 1.165) is 10.5 Å². The summed E-state index contributed by atoms with van der Waals surface area (Å²) < 4.78 is 24.4. The Morgan fingerprint density at radius 3 is 2.52 bits per heavy atom. The average Bonchev–Trinajstić information content (AvgIpc) is 2.62. The van der Waals surface area contributed by atoms with Crippen LogP contribution in [0.3, 0.4) is 0 Å². The first-order valence-corrected chi connectivity index (χ1v) is 8.05. The second-order valence-corrected chi connectivity index (χ2v) is 5.87. The molecule has 0 aliphatic rings. The Labute approximate surface area is 147 Å². The van der Waals surface area contributed by atoms with Crippen LogP contribution in [0.4, 0.5) is 10.1 Å². The first-order valence-electron chi connectivity index (χ1n) is 8.05. The van der Waals surface area contributed by atoms with Crippen molar-refractivity contribution >= 4 is 11.6 Å². The molecule has 2 aromatic rings. The minimum Gasteiger partial charge on any atom is -0.493 e. The lowest BCUT2D eigenvalue weighted by molar-refractivity contribution is -0.907. The van der Waals surface area contributed by atoms with E-state index in [4.69, 9.17) is 9.47 Å². The number of quaternary nitrogens is 1. The van der Waals surface area contributed by atoms with E-state index in [-0.39, 0.29) is 17.6 Å². The van der Waals surface area contributed by atoms with Gasteiger partial charge in [-0.1, -0.05) is 18.2 Å². The molecule has 0 heterocycles. The molecule has 0 spiro atoms. The molecule has 6 heteroatoms. The maximum atomic E-state index is 13.7. The van der Waals surface area contributed by atoms with Crippen molar-refractivity contribution in [2.75, 3.05) is 26.6 Å². The number of halogens is 1. The van der Waals surface area contributed by atoms with Gasteiger partial charge in [-0.15, -0.1) is 0 Å². The topological polar surface area (TPSA) is 52.0 Å². The summed E-state index contributed by atoms with van der Waals surface area (Å²) in [6.45, 7) is 2.37. The number of nitrogens with one attached hydrogen (secondary N) is 2. The third-order valence-electron chi connectivity index (χ3n) is 4.22. The highest BCUT2D eigenvalue weighted by Crippen LogP contribution is 2.30. The van der Waals surface area contributed by atoms with Crippen molar-refractivity contribution < 1.29 is 23.6 Å². The Balaban J connectivity index is 2.09. The highest BCUT2D eigenvalue weighted by molar-refractivity contribution is 5.93. The summed E-state index contributed by atoms with van der Waals surface area (Å²) >= 11 is 0. The zero-order chi connectivity index (χ0) is 18.4. The summed E-state index contributed by atoms with van der Waals surface area (Å²) in [6, 6.07) is 11.4. The first-order chi connectivity index (χ1) is 12.0. The molecule has 0 saturated heterocycles. The number of carbonyl (C=O) groups excluding carboxylic acids is 1. The Morgan fingerprint density at radius 2 is 1.88 bits per heavy atom. The number of para-hydroxylation sites is 2. The number of hydrogen-bond acceptors (Lipinski definition) is 3. The first kappa shape index (κ1) is 18.7. The van der Waals surface area contributed by atoms with E-state index in [1.165, 1.54) is 6.07 Å². The van der Waals surface area contributed by atoms with Gasteiger partial charge in [0, 0.05) is 0 Å². The molecule has 5 nitrogen and oxygen atoms in total. The van der Waals surface area contributed by atoms with Crippen molar-refractivity contribution in [2.45, 2.75) is 19.5 Å². The minimum atomic E-state index is -0.449. The molecule has 1 unspecified atom stereocenters. The molecular weight excluding hydrogens is 323 g/mol. The van der Waals surface area contributed by atoms with E-state index in [0.29, 0.717) is 18.0 Å². The van der Waals surface area contributed by atoms with Crippen LogP contribution >= 0.6 is 0 Å². The largest absolute Gasteiger partial charge is 0.493 e. The predicted molar refractivity (Wildman–Crippen MR) is 94.6 cm³/mol. The molecule has 0 aliphatic heterocycles. The van der Waals surface area contributed by atoms with Gasteiger partial charge >= 0.3 is 0 Å². The molecule has 25 heavy (non-hydrogen) atoms. The summed E-state index contributed by atoms with van der Waals surface area (Å²) in [5.74, 6) is 0.613. The third kappa shape index (κ3) is 4.48. The normalized spacial score (nSPS) is 13.0. The summed E-state index contributed by atoms with van der Waals surface area (Å²) in [5, 5.41) is 2.64. The molecule has 2 N–H and O–H groups in total. The van der Waals surface area contributed by atoms with Crippen LogP contribution < -0.4 is 19.7 Å². The Kier molecular flexibility index (Phi) is 6.36. The van der Waals surface area contributed by atoms with Gasteiger partial charge in [0.1, 0.15) is 12.4 Å². The molecule has 134 valence electrons. The van der Waals surface area contributed by atoms with Crippen molar-refractivity contribution in [2.24, 2.45) is 0 Å². The number of benzene rings is 2. The Bertz CT molecular complexity index is 736. The molecule has 0 fully saturated rings. The summed E-state index contributed by atoms with van der Waals surface area (Å²) in [7, 11) is 5.08. The second kappa shape index (κ2) is 8.48. The number of carbonyl (C=O) groups is 1. The van der Waals surface area contributed by atoms with Crippen LogP contribution in [0.2, 0.25) is 0 Å². The van der Waals surface area contributed by atoms with Gasteiger partial charge in [0.15, 0.2) is 17.5 Å². The lowest BCUT2D eigenvalue weighted by Crippen LogP contribution is -3.12. The fraction of sp³-hybridized carbons (Fsp3) is 0.316. The highest BCUT2D eigenvalue weighted by atomic mass is 19.1. The van der Waals surface area contributed by atoms with Gasteiger partial charge in [-0.25, -0.2) is 4.39 Å². The molecule has 0 aromatic heterocycles. The van der Waals surface area contributed by atoms with Crippen LogP contribution in [0, 0.1) is 5.82 Å². The maximum absolute atomic E-state index is 13.7. The number of likely N-dealkylation sites (N-methyl/N-ethyl adjacent to an activating group) is 1. The van der Waals surface area contributed by atoms with Gasteiger partial charge < -0.3 is 19.7 Å². The van der Waals surface area contributed by atoms with Gasteiger partial charge in [0.25, 0.3) is 5.91 Å². The third-order valence-corrected chi connectivity index (χ3v) is 4.22. The fourth-order valence-electron chi connectivity index (χ4n) is 2.57. The minimum absolute atomic E-state index is 0.186. The zero-order valence-electron chi connectivity index (χ0n) is 14.9. The van der Waals surface area contributed by atoms with Gasteiger partial charge in [-0.2, -0.15) is 0 Å². The van der Waals surface area contributed by atoms with Gasteiger partial charge in [0.2, 0.25) is 0 Å². The average molecular weight is 347 g/mol. The molecule has 2 rings (SSSR count). The van der Waals surface area contributed by atoms with Crippen LogP contribution in [0.25, 0.3) is 0 Å². The van der Waals surface area contributed by atoms with Crippen molar-refractivity contribution in [3.8, 4) is 11.5 Å². The molecule has 0 bridgehead atoms. The van der Waals surface area contributed by atoms with Gasteiger partial charge in [0.05, 0.1) is 32.5 Å². The van der Waals surface area contributed by atoms with Crippen molar-refractivity contribution in [3.05, 3.63) is 53.8 Å². The van der Waals surface area contributed by atoms with Crippen LogP contribution in [-0.2, 0) is 11.3 Å². The number of hydrogen-bond donors (Lipinski definition) is 2. The number of ether oxygens (including phenoxy) is 2. The van der Waals surface area contributed by atoms with E-state index >= 15 is 0 Å². The Hall–Kier alpha value is -2.60. The molecular formula is C19H24FN2O3+. The van der Waals surface area contributed by atoms with Crippen molar-refractivity contribution in [1.82, 2.24) is 0 Å². The molecule has 0 saturated carbocycles. The molecule has 0 aliphatic carbocycles. The van der Waals surface area contributed by atoms with Crippen LogP contribution in [-0.4, -0.2) is 33.2 Å². The summed E-state index contributed by atoms with van der Waals surface area (Å²) in [6.07, 6.45) is 0. The van der Waals surface area contributed by atoms with E-state index in [9.17, 15) is 9.18 Å². The van der Waals surface area contributed by atoms with E-state index in [2.05, 4.69) is 5.32 Å².